The number of thioether (sulfide) groups is 1. The normalized spacial score (nSPS) is 20.6. The highest BCUT2D eigenvalue weighted by atomic mass is 32.2. The van der Waals surface area contributed by atoms with E-state index in [-0.39, 0.29) is 0 Å². The Bertz CT molecular complexity index is 519. The summed E-state index contributed by atoms with van der Waals surface area (Å²) in [6.07, 6.45) is 2.77. The SMILES string of the molecule is CC(CNCC1CCCO1)Sc1nc2ccccc2o1. The molecule has 4 nitrogen and oxygen atoms in total. The van der Waals surface area contributed by atoms with Crippen LogP contribution in [-0.4, -0.2) is 36.0 Å². The van der Waals surface area contributed by atoms with Gasteiger partial charge in [0, 0.05) is 24.9 Å². The average Bonchev–Trinajstić information content (AvgIpc) is 3.06. The molecule has 2 unspecified atom stereocenters. The first kappa shape index (κ1) is 13.9. The number of hydrogen-bond donors (Lipinski definition) is 1. The molecular formula is C15H20N2O2S. The molecule has 3 rings (SSSR count). The van der Waals surface area contributed by atoms with Crippen LogP contribution in [0.3, 0.4) is 0 Å². The number of hydrogen-bond acceptors (Lipinski definition) is 5. The molecule has 1 aliphatic heterocycles. The Kier molecular flexibility index (Phi) is 4.60. The Labute approximate surface area is 123 Å². The van der Waals surface area contributed by atoms with Crippen LogP contribution in [0.4, 0.5) is 0 Å². The average molecular weight is 292 g/mol. The molecule has 0 aliphatic carbocycles. The first-order valence-electron chi connectivity index (χ1n) is 7.16. The second-order valence-electron chi connectivity index (χ2n) is 5.17. The highest BCUT2D eigenvalue weighted by molar-refractivity contribution is 7.99. The third-order valence-corrected chi connectivity index (χ3v) is 4.35. The van der Waals surface area contributed by atoms with E-state index in [1.54, 1.807) is 11.8 Å². The van der Waals surface area contributed by atoms with Gasteiger partial charge in [-0.05, 0) is 25.0 Å². The summed E-state index contributed by atoms with van der Waals surface area (Å²) in [6.45, 7) is 4.98. The maximum Gasteiger partial charge on any atom is 0.257 e. The van der Waals surface area contributed by atoms with Crippen LogP contribution in [0.25, 0.3) is 11.1 Å². The zero-order valence-electron chi connectivity index (χ0n) is 11.7. The summed E-state index contributed by atoms with van der Waals surface area (Å²) in [4.78, 5) is 4.48. The van der Waals surface area contributed by atoms with E-state index >= 15 is 0 Å². The number of rotatable bonds is 6. The van der Waals surface area contributed by atoms with E-state index in [4.69, 9.17) is 9.15 Å². The second kappa shape index (κ2) is 6.61. The van der Waals surface area contributed by atoms with Gasteiger partial charge in [-0.25, -0.2) is 4.98 Å². The fraction of sp³-hybridized carbons (Fsp3) is 0.533. The lowest BCUT2D eigenvalue weighted by molar-refractivity contribution is 0.110. The molecule has 1 N–H and O–H groups in total. The molecule has 108 valence electrons. The van der Waals surface area contributed by atoms with Crippen LogP contribution < -0.4 is 5.32 Å². The maximum absolute atomic E-state index is 5.72. The fourth-order valence-corrected chi connectivity index (χ4v) is 3.20. The van der Waals surface area contributed by atoms with Crippen LogP contribution in [0.2, 0.25) is 0 Å². The van der Waals surface area contributed by atoms with Gasteiger partial charge in [-0.2, -0.15) is 0 Å². The van der Waals surface area contributed by atoms with E-state index in [2.05, 4.69) is 17.2 Å². The Balaban J connectivity index is 1.46. The molecule has 0 amide bonds. The van der Waals surface area contributed by atoms with E-state index in [9.17, 15) is 0 Å². The summed E-state index contributed by atoms with van der Waals surface area (Å²) in [6, 6.07) is 7.87. The molecule has 2 aromatic rings. The fourth-order valence-electron chi connectivity index (χ4n) is 2.37. The number of fused-ring (bicyclic) bond motifs is 1. The minimum atomic E-state index is 0.400. The smallest absolute Gasteiger partial charge is 0.257 e. The Morgan fingerprint density at radius 3 is 3.15 bits per heavy atom. The molecule has 2 heterocycles. The summed E-state index contributed by atoms with van der Waals surface area (Å²) in [5, 5.41) is 4.63. The Hall–Kier alpha value is -1.04. The third-order valence-electron chi connectivity index (χ3n) is 3.40. The number of nitrogens with one attached hydrogen (secondary N) is 1. The van der Waals surface area contributed by atoms with Crippen molar-refractivity contribution in [2.75, 3.05) is 19.7 Å². The Morgan fingerprint density at radius 2 is 2.35 bits per heavy atom. The zero-order valence-corrected chi connectivity index (χ0v) is 12.5. The largest absolute Gasteiger partial charge is 0.431 e. The van der Waals surface area contributed by atoms with Crippen molar-refractivity contribution in [3.05, 3.63) is 24.3 Å². The molecule has 5 heteroatoms. The topological polar surface area (TPSA) is 47.3 Å². The van der Waals surface area contributed by atoms with Crippen molar-refractivity contribution in [1.29, 1.82) is 0 Å². The molecule has 1 aromatic heterocycles. The number of benzene rings is 1. The molecule has 1 aromatic carbocycles. The van der Waals surface area contributed by atoms with Crippen LogP contribution in [-0.2, 0) is 4.74 Å². The van der Waals surface area contributed by atoms with Crippen molar-refractivity contribution in [3.8, 4) is 0 Å². The van der Waals surface area contributed by atoms with Crippen molar-refractivity contribution in [3.63, 3.8) is 0 Å². The molecule has 1 fully saturated rings. The highest BCUT2D eigenvalue weighted by Crippen LogP contribution is 2.26. The van der Waals surface area contributed by atoms with Gasteiger partial charge in [0.15, 0.2) is 5.58 Å². The van der Waals surface area contributed by atoms with Crippen molar-refractivity contribution in [2.24, 2.45) is 0 Å². The lowest BCUT2D eigenvalue weighted by Crippen LogP contribution is -2.30. The number of oxazole rings is 1. The van der Waals surface area contributed by atoms with Crippen molar-refractivity contribution in [1.82, 2.24) is 10.3 Å². The van der Waals surface area contributed by atoms with Crippen LogP contribution in [0, 0.1) is 0 Å². The van der Waals surface area contributed by atoms with Crippen LogP contribution in [0.15, 0.2) is 33.9 Å². The van der Waals surface area contributed by atoms with Gasteiger partial charge in [0.1, 0.15) is 5.52 Å². The second-order valence-corrected chi connectivity index (χ2v) is 6.56. The molecular weight excluding hydrogens is 272 g/mol. The van der Waals surface area contributed by atoms with Crippen molar-refractivity contribution in [2.45, 2.75) is 36.3 Å². The van der Waals surface area contributed by atoms with Crippen LogP contribution in [0.1, 0.15) is 19.8 Å². The molecule has 0 bridgehead atoms. The van der Waals surface area contributed by atoms with Gasteiger partial charge in [-0.3, -0.25) is 0 Å². The third kappa shape index (κ3) is 3.53. The number of aromatic nitrogens is 1. The lowest BCUT2D eigenvalue weighted by Gasteiger charge is -2.13. The lowest BCUT2D eigenvalue weighted by atomic mass is 10.2. The van der Waals surface area contributed by atoms with E-state index in [0.717, 1.165) is 36.0 Å². The van der Waals surface area contributed by atoms with Crippen LogP contribution >= 0.6 is 11.8 Å². The van der Waals surface area contributed by atoms with Crippen molar-refractivity contribution >= 4 is 22.9 Å². The molecule has 0 saturated carbocycles. The standard InChI is InChI=1S/C15H20N2O2S/c1-11(9-16-10-12-5-4-8-18-12)20-15-17-13-6-2-3-7-14(13)19-15/h2-3,6-7,11-12,16H,4-5,8-10H2,1H3. The van der Waals surface area contributed by atoms with E-state index < -0.39 is 0 Å². The predicted octanol–water partition coefficient (Wildman–Crippen LogP) is 3.08. The molecule has 20 heavy (non-hydrogen) atoms. The number of nitrogens with zero attached hydrogens (tertiary/aromatic N) is 1. The van der Waals surface area contributed by atoms with E-state index in [0.29, 0.717) is 11.4 Å². The molecule has 0 radical (unpaired) electrons. The monoisotopic (exact) mass is 292 g/mol. The van der Waals surface area contributed by atoms with Crippen LogP contribution in [0.5, 0.6) is 0 Å². The van der Waals surface area contributed by atoms with Gasteiger partial charge in [0.25, 0.3) is 5.22 Å². The zero-order chi connectivity index (χ0) is 13.8. The van der Waals surface area contributed by atoms with E-state index in [1.165, 1.54) is 12.8 Å². The predicted molar refractivity (Wildman–Crippen MR) is 81.2 cm³/mol. The summed E-state index contributed by atoms with van der Waals surface area (Å²) in [5.41, 5.74) is 1.78. The first-order valence-corrected chi connectivity index (χ1v) is 8.04. The summed E-state index contributed by atoms with van der Waals surface area (Å²) < 4.78 is 11.3. The minimum absolute atomic E-state index is 0.400. The molecule has 1 aliphatic rings. The number of ether oxygens (including phenoxy) is 1. The number of para-hydroxylation sites is 2. The Morgan fingerprint density at radius 1 is 1.45 bits per heavy atom. The van der Waals surface area contributed by atoms with Gasteiger partial charge in [-0.1, -0.05) is 30.8 Å². The highest BCUT2D eigenvalue weighted by Gasteiger charge is 2.16. The van der Waals surface area contributed by atoms with Gasteiger partial charge < -0.3 is 14.5 Å². The summed E-state index contributed by atoms with van der Waals surface area (Å²) in [7, 11) is 0. The van der Waals surface area contributed by atoms with Gasteiger partial charge >= 0.3 is 0 Å². The van der Waals surface area contributed by atoms with Gasteiger partial charge in [0.2, 0.25) is 0 Å². The summed E-state index contributed by atoms with van der Waals surface area (Å²) >= 11 is 1.67. The summed E-state index contributed by atoms with van der Waals surface area (Å²) in [5.74, 6) is 0. The maximum atomic E-state index is 5.72. The van der Waals surface area contributed by atoms with E-state index in [1.807, 2.05) is 24.3 Å². The molecule has 0 spiro atoms. The van der Waals surface area contributed by atoms with Crippen molar-refractivity contribution < 1.29 is 9.15 Å². The quantitative estimate of drug-likeness (QED) is 0.829. The molecule has 1 saturated heterocycles. The molecule has 2 atom stereocenters. The first-order chi connectivity index (χ1) is 9.81. The minimum Gasteiger partial charge on any atom is -0.431 e. The van der Waals surface area contributed by atoms with Gasteiger partial charge in [-0.15, -0.1) is 0 Å². The van der Waals surface area contributed by atoms with Gasteiger partial charge in [0.05, 0.1) is 6.10 Å².